The third-order valence-corrected chi connectivity index (χ3v) is 4.42. The summed E-state index contributed by atoms with van der Waals surface area (Å²) in [5, 5.41) is 0. The van der Waals surface area contributed by atoms with Crippen LogP contribution in [0.15, 0.2) is 24.3 Å². The average Bonchev–Trinajstić information content (AvgIpc) is 3.01. The minimum absolute atomic E-state index is 0.185. The van der Waals surface area contributed by atoms with E-state index in [-0.39, 0.29) is 17.3 Å². The van der Waals surface area contributed by atoms with Gasteiger partial charge in [-0.05, 0) is 57.0 Å². The fraction of sp³-hybridized carbons (Fsp3) is 0.588. The Morgan fingerprint density at radius 2 is 1.86 bits per heavy atom. The molecule has 1 atom stereocenters. The topological polar surface area (TPSA) is 29.5 Å². The maximum atomic E-state index is 13.2. The normalized spacial score (nSPS) is 18.4. The maximum Gasteiger partial charge on any atom is 0.308 e. The second-order valence-electron chi connectivity index (χ2n) is 5.57. The van der Waals surface area contributed by atoms with E-state index in [1.54, 1.807) is 12.1 Å². The van der Waals surface area contributed by atoms with Crippen LogP contribution in [-0.2, 0) is 15.1 Å². The van der Waals surface area contributed by atoms with Crippen LogP contribution in [0.3, 0.4) is 0 Å². The van der Waals surface area contributed by atoms with E-state index < -0.39 is 0 Å². The average molecular weight is 293 g/mol. The smallest absolute Gasteiger partial charge is 0.308 e. The molecule has 1 aromatic carbocycles. The van der Waals surface area contributed by atoms with Crippen LogP contribution in [0, 0.1) is 5.82 Å². The molecule has 2 rings (SSSR count). The molecule has 1 fully saturated rings. The molecule has 0 N–H and O–H groups in total. The van der Waals surface area contributed by atoms with Gasteiger partial charge >= 0.3 is 5.97 Å². The predicted octanol–water partition coefficient (Wildman–Crippen LogP) is 3.48. The van der Waals surface area contributed by atoms with Crippen LogP contribution in [0.25, 0.3) is 0 Å². The zero-order valence-electron chi connectivity index (χ0n) is 12.9. The highest BCUT2D eigenvalue weighted by atomic mass is 19.1. The van der Waals surface area contributed by atoms with Crippen LogP contribution in [0.1, 0.15) is 45.1 Å². The molecule has 0 aromatic heterocycles. The van der Waals surface area contributed by atoms with E-state index in [9.17, 15) is 9.18 Å². The van der Waals surface area contributed by atoms with Gasteiger partial charge in [0.25, 0.3) is 0 Å². The number of rotatable bonds is 6. The Bertz CT molecular complexity index is 468. The lowest BCUT2D eigenvalue weighted by atomic mass is 9.82. The van der Waals surface area contributed by atoms with Gasteiger partial charge in [0.1, 0.15) is 5.82 Å². The Kier molecular flexibility index (Phi) is 5.34. The van der Waals surface area contributed by atoms with E-state index in [1.165, 1.54) is 12.1 Å². The second-order valence-corrected chi connectivity index (χ2v) is 5.57. The van der Waals surface area contributed by atoms with Crippen molar-refractivity contribution < 1.29 is 13.9 Å². The van der Waals surface area contributed by atoms with E-state index in [0.717, 1.165) is 37.9 Å². The number of benzene rings is 1. The Morgan fingerprint density at radius 1 is 1.24 bits per heavy atom. The number of hydrogen-bond donors (Lipinski definition) is 0. The SMILES string of the molecule is CCOC(=O)CC(CC)(c1ccc(F)cc1)N1CCCC1. The first-order chi connectivity index (χ1) is 10.1. The molecule has 1 aliphatic rings. The van der Waals surface area contributed by atoms with Crippen LogP contribution >= 0.6 is 0 Å². The van der Waals surface area contributed by atoms with Crippen molar-refractivity contribution in [3.05, 3.63) is 35.6 Å². The standard InChI is InChI=1S/C17H24FNO2/c1-3-17(13-16(20)21-4-2,19-11-5-6-12-19)14-7-9-15(18)10-8-14/h7-10H,3-6,11-13H2,1-2H3. The Balaban J connectivity index is 2.35. The third kappa shape index (κ3) is 3.43. The summed E-state index contributed by atoms with van der Waals surface area (Å²) in [7, 11) is 0. The van der Waals surface area contributed by atoms with E-state index in [0.29, 0.717) is 13.0 Å². The van der Waals surface area contributed by atoms with Crippen molar-refractivity contribution in [3.8, 4) is 0 Å². The number of carbonyl (C=O) groups is 1. The van der Waals surface area contributed by atoms with Crippen LogP contribution < -0.4 is 0 Å². The van der Waals surface area contributed by atoms with Crippen molar-refractivity contribution in [1.29, 1.82) is 0 Å². The van der Waals surface area contributed by atoms with Crippen molar-refractivity contribution in [3.63, 3.8) is 0 Å². The van der Waals surface area contributed by atoms with Crippen molar-refractivity contribution in [1.82, 2.24) is 4.90 Å². The number of nitrogens with zero attached hydrogens (tertiary/aromatic N) is 1. The lowest BCUT2D eigenvalue weighted by Gasteiger charge is -2.41. The molecule has 1 unspecified atom stereocenters. The highest BCUT2D eigenvalue weighted by Gasteiger charge is 2.40. The van der Waals surface area contributed by atoms with Gasteiger partial charge in [-0.15, -0.1) is 0 Å². The molecular weight excluding hydrogens is 269 g/mol. The van der Waals surface area contributed by atoms with Gasteiger partial charge in [-0.2, -0.15) is 0 Å². The number of esters is 1. The summed E-state index contributed by atoms with van der Waals surface area (Å²) >= 11 is 0. The van der Waals surface area contributed by atoms with Gasteiger partial charge < -0.3 is 4.74 Å². The van der Waals surface area contributed by atoms with Crippen LogP contribution in [-0.4, -0.2) is 30.6 Å². The molecule has 21 heavy (non-hydrogen) atoms. The summed E-state index contributed by atoms with van der Waals surface area (Å²) in [6, 6.07) is 6.55. The number of halogens is 1. The number of likely N-dealkylation sites (tertiary alicyclic amines) is 1. The number of carbonyl (C=O) groups excluding carboxylic acids is 1. The van der Waals surface area contributed by atoms with Gasteiger partial charge in [-0.25, -0.2) is 4.39 Å². The molecule has 0 saturated carbocycles. The fourth-order valence-electron chi connectivity index (χ4n) is 3.31. The highest BCUT2D eigenvalue weighted by Crippen LogP contribution is 2.38. The van der Waals surface area contributed by atoms with Crippen molar-refractivity contribution in [2.24, 2.45) is 0 Å². The predicted molar refractivity (Wildman–Crippen MR) is 80.4 cm³/mol. The Hall–Kier alpha value is -1.42. The van der Waals surface area contributed by atoms with E-state index >= 15 is 0 Å². The summed E-state index contributed by atoms with van der Waals surface area (Å²) in [6.45, 7) is 6.25. The fourth-order valence-corrected chi connectivity index (χ4v) is 3.31. The summed E-state index contributed by atoms with van der Waals surface area (Å²) in [5.41, 5.74) is 0.623. The molecule has 0 amide bonds. The van der Waals surface area contributed by atoms with Crippen molar-refractivity contribution in [2.75, 3.05) is 19.7 Å². The molecule has 0 aliphatic carbocycles. The quantitative estimate of drug-likeness (QED) is 0.752. The van der Waals surface area contributed by atoms with E-state index in [1.807, 2.05) is 6.92 Å². The van der Waals surface area contributed by atoms with Gasteiger partial charge in [-0.3, -0.25) is 9.69 Å². The molecule has 1 aliphatic heterocycles. The number of hydrogen-bond acceptors (Lipinski definition) is 3. The highest BCUT2D eigenvalue weighted by molar-refractivity contribution is 5.71. The number of ether oxygens (including phenoxy) is 1. The van der Waals surface area contributed by atoms with Gasteiger partial charge in [0, 0.05) is 0 Å². The van der Waals surface area contributed by atoms with Crippen LogP contribution in [0.2, 0.25) is 0 Å². The molecule has 0 radical (unpaired) electrons. The molecule has 0 spiro atoms. The van der Waals surface area contributed by atoms with Gasteiger partial charge in [0.2, 0.25) is 0 Å². The van der Waals surface area contributed by atoms with E-state index in [2.05, 4.69) is 11.8 Å². The lowest BCUT2D eigenvalue weighted by Crippen LogP contribution is -2.46. The summed E-state index contributed by atoms with van der Waals surface area (Å²) < 4.78 is 18.4. The molecule has 3 nitrogen and oxygen atoms in total. The molecular formula is C17H24FNO2. The maximum absolute atomic E-state index is 13.2. The Morgan fingerprint density at radius 3 is 2.38 bits per heavy atom. The van der Waals surface area contributed by atoms with E-state index in [4.69, 9.17) is 4.74 Å². The third-order valence-electron chi connectivity index (χ3n) is 4.42. The van der Waals surface area contributed by atoms with Gasteiger partial charge in [0.05, 0.1) is 18.6 Å². The first kappa shape index (κ1) is 16.0. The molecule has 1 heterocycles. The molecule has 0 bridgehead atoms. The summed E-state index contributed by atoms with van der Waals surface area (Å²) in [6.07, 6.45) is 3.41. The van der Waals surface area contributed by atoms with Gasteiger partial charge in [0.15, 0.2) is 0 Å². The van der Waals surface area contributed by atoms with Crippen LogP contribution in [0.4, 0.5) is 4.39 Å². The first-order valence-corrected chi connectivity index (χ1v) is 7.79. The zero-order valence-corrected chi connectivity index (χ0v) is 12.9. The largest absolute Gasteiger partial charge is 0.466 e. The lowest BCUT2D eigenvalue weighted by molar-refractivity contribution is -0.147. The molecule has 4 heteroatoms. The minimum Gasteiger partial charge on any atom is -0.466 e. The molecule has 1 aromatic rings. The molecule has 116 valence electrons. The monoisotopic (exact) mass is 293 g/mol. The van der Waals surface area contributed by atoms with Crippen LogP contribution in [0.5, 0.6) is 0 Å². The molecule has 1 saturated heterocycles. The van der Waals surface area contributed by atoms with Crippen molar-refractivity contribution >= 4 is 5.97 Å². The second kappa shape index (κ2) is 7.03. The Labute approximate surface area is 126 Å². The van der Waals surface area contributed by atoms with Gasteiger partial charge in [-0.1, -0.05) is 19.1 Å². The summed E-state index contributed by atoms with van der Waals surface area (Å²) in [5.74, 6) is -0.433. The van der Waals surface area contributed by atoms with Crippen molar-refractivity contribution in [2.45, 2.75) is 45.1 Å². The zero-order chi connectivity index (χ0) is 15.3. The first-order valence-electron chi connectivity index (χ1n) is 7.79. The summed E-state index contributed by atoms with van der Waals surface area (Å²) in [4.78, 5) is 14.4. The minimum atomic E-state index is -0.379.